The number of carbonyl (C=O) groups excluding carboxylic acids is 2. The van der Waals surface area contributed by atoms with E-state index in [2.05, 4.69) is 10.4 Å². The quantitative estimate of drug-likeness (QED) is 0.670. The van der Waals surface area contributed by atoms with Crippen LogP contribution in [0.5, 0.6) is 0 Å². The van der Waals surface area contributed by atoms with Gasteiger partial charge in [0.05, 0.1) is 22.5 Å². The van der Waals surface area contributed by atoms with E-state index in [9.17, 15) is 14.4 Å². The second-order valence-corrected chi connectivity index (χ2v) is 5.67. The molecule has 3 N–H and O–H groups in total. The van der Waals surface area contributed by atoms with Crippen LogP contribution in [-0.2, 0) is 7.05 Å². The smallest absolute Gasteiger partial charge is 0.262 e. The second-order valence-electron chi connectivity index (χ2n) is 5.67. The van der Waals surface area contributed by atoms with E-state index in [1.54, 1.807) is 29.1 Å². The fraction of sp³-hybridized carbons (Fsp3) is 0.0588. The molecule has 0 bridgehead atoms. The van der Waals surface area contributed by atoms with E-state index < -0.39 is 17.4 Å². The molecule has 0 radical (unpaired) electrons. The van der Waals surface area contributed by atoms with Crippen LogP contribution in [0.2, 0.25) is 0 Å². The number of benzene rings is 1. The number of aromatic nitrogens is 3. The van der Waals surface area contributed by atoms with E-state index in [4.69, 9.17) is 5.73 Å². The van der Waals surface area contributed by atoms with Gasteiger partial charge in [0.15, 0.2) is 0 Å². The van der Waals surface area contributed by atoms with Crippen LogP contribution in [0, 0.1) is 0 Å². The lowest BCUT2D eigenvalue weighted by atomic mass is 10.1. The number of anilines is 1. The number of pyridine rings is 1. The monoisotopic (exact) mass is 335 g/mol. The van der Waals surface area contributed by atoms with Crippen molar-refractivity contribution in [3.05, 3.63) is 64.1 Å². The standard InChI is InChI=1S/C17H13N5O3/c1-21-12(5-6-19-21)9-3-2-4-10(7-9)22-13(23)8-11-14(15(22)18)17(25)20-16(11)24/h2-8H,18H2,1H3,(H,20,24,25). The van der Waals surface area contributed by atoms with Crippen LogP contribution in [-0.4, -0.2) is 26.2 Å². The molecule has 3 heterocycles. The lowest BCUT2D eigenvalue weighted by Gasteiger charge is -2.13. The fourth-order valence-electron chi connectivity index (χ4n) is 3.01. The highest BCUT2D eigenvalue weighted by Crippen LogP contribution is 2.25. The van der Waals surface area contributed by atoms with Crippen molar-refractivity contribution < 1.29 is 9.59 Å². The normalized spacial score (nSPS) is 13.0. The number of aryl methyl sites for hydroxylation is 1. The van der Waals surface area contributed by atoms with Gasteiger partial charge in [-0.2, -0.15) is 5.10 Å². The Balaban J connectivity index is 1.94. The van der Waals surface area contributed by atoms with Gasteiger partial charge in [0.25, 0.3) is 17.4 Å². The zero-order valence-corrected chi connectivity index (χ0v) is 13.2. The molecule has 1 aliphatic rings. The van der Waals surface area contributed by atoms with Gasteiger partial charge >= 0.3 is 0 Å². The molecule has 8 heteroatoms. The van der Waals surface area contributed by atoms with E-state index >= 15 is 0 Å². The van der Waals surface area contributed by atoms with E-state index in [0.29, 0.717) is 5.69 Å². The summed E-state index contributed by atoms with van der Waals surface area (Å²) in [5.41, 5.74) is 7.80. The van der Waals surface area contributed by atoms with Crippen molar-refractivity contribution in [1.82, 2.24) is 19.7 Å². The second kappa shape index (κ2) is 5.17. The number of carbonyl (C=O) groups is 2. The van der Waals surface area contributed by atoms with E-state index in [-0.39, 0.29) is 16.9 Å². The van der Waals surface area contributed by atoms with Crippen LogP contribution >= 0.6 is 0 Å². The van der Waals surface area contributed by atoms with E-state index in [1.807, 2.05) is 19.2 Å². The average molecular weight is 335 g/mol. The fourth-order valence-corrected chi connectivity index (χ4v) is 3.01. The number of hydrogen-bond donors (Lipinski definition) is 2. The molecule has 0 fully saturated rings. The van der Waals surface area contributed by atoms with Crippen LogP contribution in [0.1, 0.15) is 20.7 Å². The summed E-state index contributed by atoms with van der Waals surface area (Å²) in [6.07, 6.45) is 1.67. The Morgan fingerprint density at radius 2 is 1.88 bits per heavy atom. The Morgan fingerprint density at radius 1 is 1.08 bits per heavy atom. The molecular weight excluding hydrogens is 322 g/mol. The van der Waals surface area contributed by atoms with Crippen LogP contribution in [0.25, 0.3) is 16.9 Å². The third-order valence-electron chi connectivity index (χ3n) is 4.17. The van der Waals surface area contributed by atoms with Gasteiger partial charge in [-0.1, -0.05) is 12.1 Å². The van der Waals surface area contributed by atoms with Crippen molar-refractivity contribution in [3.63, 3.8) is 0 Å². The highest BCUT2D eigenvalue weighted by atomic mass is 16.2. The number of nitrogens with two attached hydrogens (primary N) is 1. The van der Waals surface area contributed by atoms with Gasteiger partial charge in [0.2, 0.25) is 0 Å². The van der Waals surface area contributed by atoms with Crippen molar-refractivity contribution in [2.75, 3.05) is 5.73 Å². The molecule has 0 saturated heterocycles. The average Bonchev–Trinajstić information content (AvgIpc) is 3.11. The first-order chi connectivity index (χ1) is 12.0. The van der Waals surface area contributed by atoms with E-state index in [1.165, 1.54) is 4.57 Å². The molecule has 0 atom stereocenters. The number of nitrogens with one attached hydrogen (secondary N) is 1. The minimum Gasteiger partial charge on any atom is -0.384 e. The lowest BCUT2D eigenvalue weighted by molar-refractivity contribution is 0.0880. The van der Waals surface area contributed by atoms with Crippen molar-refractivity contribution in [1.29, 1.82) is 0 Å². The van der Waals surface area contributed by atoms with Crippen molar-refractivity contribution in [3.8, 4) is 16.9 Å². The van der Waals surface area contributed by atoms with Crippen LogP contribution in [0.4, 0.5) is 5.82 Å². The third-order valence-corrected chi connectivity index (χ3v) is 4.17. The summed E-state index contributed by atoms with van der Waals surface area (Å²) in [5, 5.41) is 6.28. The highest BCUT2D eigenvalue weighted by molar-refractivity contribution is 6.23. The predicted octanol–water partition coefficient (Wildman–Crippen LogP) is 0.704. The first-order valence-electron chi connectivity index (χ1n) is 7.47. The SMILES string of the molecule is Cn1nccc1-c1cccc(-n2c(N)c3c(cc2=O)C(=O)NC3=O)c1. The van der Waals surface area contributed by atoms with Crippen LogP contribution in [0.15, 0.2) is 47.4 Å². The van der Waals surface area contributed by atoms with E-state index in [0.717, 1.165) is 17.3 Å². The predicted molar refractivity (Wildman–Crippen MR) is 90.5 cm³/mol. The summed E-state index contributed by atoms with van der Waals surface area (Å²) in [4.78, 5) is 36.2. The summed E-state index contributed by atoms with van der Waals surface area (Å²) in [5.74, 6) is -1.28. The van der Waals surface area contributed by atoms with Gasteiger partial charge in [0, 0.05) is 24.9 Å². The minimum absolute atomic E-state index is 0.00605. The largest absolute Gasteiger partial charge is 0.384 e. The van der Waals surface area contributed by atoms with Crippen LogP contribution < -0.4 is 16.6 Å². The number of imide groups is 1. The maximum atomic E-state index is 12.5. The zero-order valence-electron chi connectivity index (χ0n) is 13.2. The van der Waals surface area contributed by atoms with Gasteiger partial charge in [-0.15, -0.1) is 0 Å². The number of hydrogen-bond acceptors (Lipinski definition) is 5. The summed E-state index contributed by atoms with van der Waals surface area (Å²) >= 11 is 0. The zero-order chi connectivity index (χ0) is 17.7. The lowest BCUT2D eigenvalue weighted by Crippen LogP contribution is -2.24. The molecule has 3 aromatic rings. The molecule has 1 aromatic carbocycles. The summed E-state index contributed by atoms with van der Waals surface area (Å²) < 4.78 is 2.93. The van der Waals surface area contributed by atoms with Crippen molar-refractivity contribution in [2.24, 2.45) is 7.05 Å². The van der Waals surface area contributed by atoms with Crippen molar-refractivity contribution >= 4 is 17.6 Å². The minimum atomic E-state index is -0.611. The first-order valence-corrected chi connectivity index (χ1v) is 7.47. The first kappa shape index (κ1) is 14.9. The van der Waals surface area contributed by atoms with Gasteiger partial charge in [-0.05, 0) is 18.2 Å². The molecule has 0 unspecified atom stereocenters. The summed E-state index contributed by atoms with van der Waals surface area (Å²) in [7, 11) is 1.81. The third kappa shape index (κ3) is 2.15. The Hall–Kier alpha value is -3.68. The number of rotatable bonds is 2. The Bertz CT molecular complexity index is 1110. The number of nitrogen functional groups attached to an aromatic ring is 1. The highest BCUT2D eigenvalue weighted by Gasteiger charge is 2.31. The number of amides is 2. The molecule has 0 aliphatic carbocycles. The summed E-state index contributed by atoms with van der Waals surface area (Å²) in [6.45, 7) is 0. The molecule has 2 amide bonds. The van der Waals surface area contributed by atoms with Gasteiger partial charge in [0.1, 0.15) is 5.82 Å². The molecule has 25 heavy (non-hydrogen) atoms. The molecular formula is C17H13N5O3. The number of nitrogens with zero attached hydrogens (tertiary/aromatic N) is 3. The van der Waals surface area contributed by atoms with Gasteiger partial charge < -0.3 is 5.73 Å². The number of fused-ring (bicyclic) bond motifs is 1. The molecule has 0 spiro atoms. The van der Waals surface area contributed by atoms with Crippen LogP contribution in [0.3, 0.4) is 0 Å². The maximum absolute atomic E-state index is 12.5. The van der Waals surface area contributed by atoms with Gasteiger partial charge in [-0.25, -0.2) is 0 Å². The topological polar surface area (TPSA) is 112 Å². The molecule has 0 saturated carbocycles. The Labute approximate surface area is 141 Å². The summed E-state index contributed by atoms with van der Waals surface area (Å²) in [6, 6.07) is 10.1. The molecule has 124 valence electrons. The molecule has 2 aromatic heterocycles. The molecule has 4 rings (SSSR count). The molecule has 8 nitrogen and oxygen atoms in total. The van der Waals surface area contributed by atoms with Crippen molar-refractivity contribution in [2.45, 2.75) is 0 Å². The maximum Gasteiger partial charge on any atom is 0.262 e. The van der Waals surface area contributed by atoms with Gasteiger partial charge in [-0.3, -0.25) is 28.9 Å². The Kier molecular flexibility index (Phi) is 3.08. The Morgan fingerprint density at radius 3 is 2.60 bits per heavy atom. The molecule has 1 aliphatic heterocycles.